The Balaban J connectivity index is 1.54. The number of piperidine rings is 1. The minimum absolute atomic E-state index is 0.0586. The van der Waals surface area contributed by atoms with Crippen LogP contribution >= 0.6 is 0 Å². The average molecular weight is 392 g/mol. The van der Waals surface area contributed by atoms with Crippen molar-refractivity contribution in [1.82, 2.24) is 15.2 Å². The Morgan fingerprint density at radius 1 is 1.21 bits per heavy atom. The van der Waals surface area contributed by atoms with Crippen molar-refractivity contribution in [3.8, 4) is 16.9 Å². The second-order valence-corrected chi connectivity index (χ2v) is 7.36. The highest BCUT2D eigenvalue weighted by Gasteiger charge is 2.22. The summed E-state index contributed by atoms with van der Waals surface area (Å²) in [6, 6.07) is 14.0. The number of phenols is 1. The first-order chi connectivity index (χ1) is 14.1. The number of rotatable bonds is 4. The maximum absolute atomic E-state index is 11.3. The van der Waals surface area contributed by atoms with Gasteiger partial charge in [-0.25, -0.2) is 4.79 Å². The van der Waals surface area contributed by atoms with Gasteiger partial charge in [0.25, 0.3) is 0 Å². The Labute approximate surface area is 169 Å². The monoisotopic (exact) mass is 392 g/mol. The Kier molecular flexibility index (Phi) is 5.59. The van der Waals surface area contributed by atoms with Gasteiger partial charge in [-0.1, -0.05) is 30.3 Å². The molecular weight excluding hydrogens is 368 g/mol. The first kappa shape index (κ1) is 19.2. The summed E-state index contributed by atoms with van der Waals surface area (Å²) >= 11 is 0. The molecule has 0 aliphatic carbocycles. The summed E-state index contributed by atoms with van der Waals surface area (Å²) in [6.45, 7) is 2.27. The van der Waals surface area contributed by atoms with Crippen LogP contribution in [0.25, 0.3) is 21.9 Å². The van der Waals surface area contributed by atoms with Crippen molar-refractivity contribution in [2.75, 3.05) is 13.1 Å². The number of hydrogen-bond donors (Lipinski definition) is 3. The third-order valence-corrected chi connectivity index (χ3v) is 5.45. The van der Waals surface area contributed by atoms with Gasteiger partial charge in [0.15, 0.2) is 0 Å². The molecule has 0 atom stereocenters. The highest BCUT2D eigenvalue weighted by Crippen LogP contribution is 2.33. The number of benzene rings is 2. The quantitative estimate of drug-likeness (QED) is 0.590. The molecule has 7 heteroatoms. The lowest BCUT2D eigenvalue weighted by molar-refractivity contribution is 0.132. The maximum Gasteiger partial charge on any atom is 0.426 e. The van der Waals surface area contributed by atoms with E-state index in [-0.39, 0.29) is 11.8 Å². The number of likely N-dealkylation sites (tertiary alicyclic amines) is 1. The van der Waals surface area contributed by atoms with Gasteiger partial charge >= 0.3 is 6.09 Å². The lowest BCUT2D eigenvalue weighted by atomic mass is 9.98. The van der Waals surface area contributed by atoms with Gasteiger partial charge < -0.3 is 15.3 Å². The zero-order valence-electron chi connectivity index (χ0n) is 16.0. The van der Waals surface area contributed by atoms with Gasteiger partial charge in [-0.3, -0.25) is 9.88 Å². The molecule has 1 aliphatic rings. The Morgan fingerprint density at radius 2 is 1.97 bits per heavy atom. The van der Waals surface area contributed by atoms with Crippen LogP contribution in [0, 0.1) is 0 Å². The molecular formula is C22H24N4O3. The van der Waals surface area contributed by atoms with E-state index in [4.69, 9.17) is 5.90 Å². The van der Waals surface area contributed by atoms with E-state index in [1.807, 2.05) is 24.4 Å². The average Bonchev–Trinajstić information content (AvgIpc) is 2.75. The Hall–Kier alpha value is -3.16. The molecule has 2 heterocycles. The van der Waals surface area contributed by atoms with Gasteiger partial charge in [0.1, 0.15) is 5.75 Å². The number of carbonyl (C=O) groups is 1. The second-order valence-electron chi connectivity index (χ2n) is 7.36. The minimum atomic E-state index is -0.599. The molecule has 0 radical (unpaired) electrons. The number of carbonyl (C=O) groups excluding carboxylic acids is 1. The molecule has 0 unspecified atom stereocenters. The van der Waals surface area contributed by atoms with Gasteiger partial charge in [0.05, 0.1) is 0 Å². The molecule has 2 aromatic carbocycles. The third-order valence-electron chi connectivity index (χ3n) is 5.45. The number of nitrogens with one attached hydrogen (secondary N) is 1. The number of hydrogen-bond acceptors (Lipinski definition) is 6. The molecule has 7 nitrogen and oxygen atoms in total. The number of aromatic nitrogens is 1. The lowest BCUT2D eigenvalue weighted by Crippen LogP contribution is -2.45. The van der Waals surface area contributed by atoms with Crippen LogP contribution in [0.2, 0.25) is 0 Å². The van der Waals surface area contributed by atoms with Crippen molar-refractivity contribution in [3.05, 3.63) is 60.4 Å². The van der Waals surface area contributed by atoms with Crippen molar-refractivity contribution < 1.29 is 14.7 Å². The Bertz CT molecular complexity index is 1000. The Morgan fingerprint density at radius 3 is 2.69 bits per heavy atom. The molecule has 0 spiro atoms. The van der Waals surface area contributed by atoms with Crippen LogP contribution in [0.3, 0.4) is 0 Å². The van der Waals surface area contributed by atoms with Crippen LogP contribution in [-0.4, -0.2) is 40.2 Å². The molecule has 3 aromatic rings. The van der Waals surface area contributed by atoms with Gasteiger partial charge in [0.2, 0.25) is 0 Å². The maximum atomic E-state index is 11.3. The first-order valence-corrected chi connectivity index (χ1v) is 9.68. The topological polar surface area (TPSA) is 101 Å². The molecule has 1 saturated heterocycles. The molecule has 1 aliphatic heterocycles. The standard InChI is InChI=1S/C22H24N4O3/c23-29-22(28)25-18-6-8-26(9-7-18)14-17-10-19-16(11-21(17)27)12-24-13-20(19)15-4-2-1-3-5-15/h1-5,10-13,18,27H,6-9,14,23H2,(H,25,28). The fraction of sp³-hybridized carbons (Fsp3) is 0.273. The van der Waals surface area contributed by atoms with E-state index in [9.17, 15) is 9.90 Å². The normalized spacial score (nSPS) is 15.3. The first-order valence-electron chi connectivity index (χ1n) is 9.68. The van der Waals surface area contributed by atoms with Gasteiger partial charge in [-0.05, 0) is 35.9 Å². The van der Waals surface area contributed by atoms with Crippen LogP contribution in [0.15, 0.2) is 54.9 Å². The molecule has 150 valence electrons. The molecule has 4 rings (SSSR count). The van der Waals surface area contributed by atoms with Crippen molar-refractivity contribution in [2.45, 2.75) is 25.4 Å². The zero-order chi connectivity index (χ0) is 20.2. The number of aromatic hydroxyl groups is 1. The second kappa shape index (κ2) is 8.46. The zero-order valence-corrected chi connectivity index (χ0v) is 16.0. The highest BCUT2D eigenvalue weighted by molar-refractivity contribution is 5.97. The van der Waals surface area contributed by atoms with Crippen LogP contribution in [0.5, 0.6) is 5.75 Å². The van der Waals surface area contributed by atoms with E-state index in [1.165, 1.54) is 0 Å². The van der Waals surface area contributed by atoms with Crippen molar-refractivity contribution >= 4 is 16.9 Å². The van der Waals surface area contributed by atoms with E-state index < -0.39 is 6.09 Å². The molecule has 1 amide bonds. The van der Waals surface area contributed by atoms with Gasteiger partial charge in [-0.2, -0.15) is 5.90 Å². The summed E-state index contributed by atoms with van der Waals surface area (Å²) in [7, 11) is 0. The summed E-state index contributed by atoms with van der Waals surface area (Å²) in [5.74, 6) is 5.15. The van der Waals surface area contributed by atoms with E-state index in [0.29, 0.717) is 6.54 Å². The predicted octanol–water partition coefficient (Wildman–Crippen LogP) is 3.17. The lowest BCUT2D eigenvalue weighted by Gasteiger charge is -2.32. The van der Waals surface area contributed by atoms with E-state index in [1.54, 1.807) is 12.3 Å². The SMILES string of the molecule is NOC(=O)NC1CCN(Cc2cc3c(-c4ccccc4)cncc3cc2O)CC1. The molecule has 0 saturated carbocycles. The molecule has 29 heavy (non-hydrogen) atoms. The number of phenolic OH excluding ortho intramolecular Hbond substituents is 1. The number of nitrogens with zero attached hydrogens (tertiary/aromatic N) is 2. The van der Waals surface area contributed by atoms with E-state index in [2.05, 4.69) is 38.2 Å². The van der Waals surface area contributed by atoms with Crippen LogP contribution < -0.4 is 11.2 Å². The summed E-state index contributed by atoms with van der Waals surface area (Å²) in [5.41, 5.74) is 3.03. The summed E-state index contributed by atoms with van der Waals surface area (Å²) < 4.78 is 0. The number of pyridine rings is 1. The minimum Gasteiger partial charge on any atom is -0.508 e. The number of fused-ring (bicyclic) bond motifs is 1. The fourth-order valence-corrected chi connectivity index (χ4v) is 3.90. The molecule has 0 bridgehead atoms. The number of nitrogens with two attached hydrogens (primary N) is 1. The van der Waals surface area contributed by atoms with E-state index >= 15 is 0 Å². The number of amides is 1. The van der Waals surface area contributed by atoms with E-state index in [0.717, 1.165) is 53.4 Å². The van der Waals surface area contributed by atoms with Crippen LogP contribution in [0.1, 0.15) is 18.4 Å². The summed E-state index contributed by atoms with van der Waals surface area (Å²) in [5, 5.41) is 15.3. The smallest absolute Gasteiger partial charge is 0.426 e. The predicted molar refractivity (Wildman–Crippen MR) is 111 cm³/mol. The van der Waals surface area contributed by atoms with Crippen LogP contribution in [0.4, 0.5) is 4.79 Å². The van der Waals surface area contributed by atoms with Crippen LogP contribution in [-0.2, 0) is 11.4 Å². The fourth-order valence-electron chi connectivity index (χ4n) is 3.90. The van der Waals surface area contributed by atoms with Gasteiger partial charge in [0, 0.05) is 54.6 Å². The highest BCUT2D eigenvalue weighted by atomic mass is 16.7. The van der Waals surface area contributed by atoms with Crippen molar-refractivity contribution in [2.24, 2.45) is 5.90 Å². The van der Waals surface area contributed by atoms with Crippen molar-refractivity contribution in [3.63, 3.8) is 0 Å². The summed E-state index contributed by atoms with van der Waals surface area (Å²) in [6.07, 6.45) is 4.66. The third kappa shape index (κ3) is 4.31. The molecule has 1 aromatic heterocycles. The van der Waals surface area contributed by atoms with Crippen molar-refractivity contribution in [1.29, 1.82) is 0 Å². The molecule has 4 N–H and O–H groups in total. The largest absolute Gasteiger partial charge is 0.508 e. The van der Waals surface area contributed by atoms with Gasteiger partial charge in [-0.15, -0.1) is 0 Å². The summed E-state index contributed by atoms with van der Waals surface area (Å²) in [4.78, 5) is 22.1. The molecule has 1 fully saturated rings.